The van der Waals surface area contributed by atoms with Crippen LogP contribution in [0.15, 0.2) is 61.1 Å². The fourth-order valence-electron chi connectivity index (χ4n) is 2.06. The van der Waals surface area contributed by atoms with E-state index < -0.39 is 0 Å². The van der Waals surface area contributed by atoms with Crippen molar-refractivity contribution < 1.29 is 0 Å². The van der Waals surface area contributed by atoms with Gasteiger partial charge in [0.25, 0.3) is 0 Å². The molecule has 0 aliphatic rings. The monoisotopic (exact) mass is 279 g/mol. The van der Waals surface area contributed by atoms with Crippen LogP contribution in [0, 0.1) is 0 Å². The average Bonchev–Trinajstić information content (AvgIpc) is 3.06. The number of rotatable bonds is 6. The zero-order chi connectivity index (χ0) is 14.3. The minimum atomic E-state index is 0.726. The fourth-order valence-corrected chi connectivity index (χ4v) is 2.06. The van der Waals surface area contributed by atoms with Gasteiger partial charge in [0.2, 0.25) is 0 Å². The van der Waals surface area contributed by atoms with Crippen molar-refractivity contribution in [1.82, 2.24) is 25.1 Å². The lowest BCUT2D eigenvalue weighted by Crippen LogP contribution is -2.20. The highest BCUT2D eigenvalue weighted by molar-refractivity contribution is 5.54. The maximum absolute atomic E-state index is 4.58. The molecule has 1 N–H and O–H groups in total. The molecule has 0 spiro atoms. The number of hydrogen-bond donors (Lipinski definition) is 1. The van der Waals surface area contributed by atoms with Gasteiger partial charge in [-0.3, -0.25) is 4.68 Å². The molecule has 0 amide bonds. The van der Waals surface area contributed by atoms with E-state index in [2.05, 4.69) is 20.4 Å². The van der Waals surface area contributed by atoms with Crippen molar-refractivity contribution in [2.45, 2.75) is 13.1 Å². The molecule has 1 aromatic carbocycles. The number of aromatic nitrogens is 4. The Hall–Kier alpha value is -2.53. The van der Waals surface area contributed by atoms with Gasteiger partial charge >= 0.3 is 0 Å². The summed E-state index contributed by atoms with van der Waals surface area (Å²) in [5.74, 6) is 0.766. The maximum Gasteiger partial charge on any atom is 0.159 e. The van der Waals surface area contributed by atoms with E-state index in [1.807, 2.05) is 53.3 Å². The first-order chi connectivity index (χ1) is 10.4. The third-order valence-corrected chi connectivity index (χ3v) is 3.13. The summed E-state index contributed by atoms with van der Waals surface area (Å²) in [5.41, 5.74) is 2.03. The van der Waals surface area contributed by atoms with Crippen LogP contribution in [0.5, 0.6) is 0 Å². The van der Waals surface area contributed by atoms with E-state index in [0.717, 1.165) is 36.7 Å². The predicted molar refractivity (Wildman–Crippen MR) is 81.4 cm³/mol. The van der Waals surface area contributed by atoms with Crippen molar-refractivity contribution >= 4 is 0 Å². The van der Waals surface area contributed by atoms with Crippen LogP contribution in [0.25, 0.3) is 11.4 Å². The number of nitrogens with zero attached hydrogens (tertiary/aromatic N) is 4. The van der Waals surface area contributed by atoms with Gasteiger partial charge < -0.3 is 5.32 Å². The lowest BCUT2D eigenvalue weighted by molar-refractivity contribution is 0.551. The first-order valence-electron chi connectivity index (χ1n) is 6.97. The highest BCUT2D eigenvalue weighted by atomic mass is 15.3. The molecular weight excluding hydrogens is 262 g/mol. The molecule has 2 heterocycles. The second kappa shape index (κ2) is 6.76. The van der Waals surface area contributed by atoms with E-state index in [0.29, 0.717) is 0 Å². The Morgan fingerprint density at radius 1 is 1.00 bits per heavy atom. The summed E-state index contributed by atoms with van der Waals surface area (Å²) in [5, 5.41) is 7.53. The van der Waals surface area contributed by atoms with E-state index in [4.69, 9.17) is 0 Å². The molecule has 0 radical (unpaired) electrons. The van der Waals surface area contributed by atoms with Crippen molar-refractivity contribution in [2.24, 2.45) is 0 Å². The summed E-state index contributed by atoms with van der Waals surface area (Å²) in [6.45, 7) is 2.43. The molecule has 3 rings (SSSR count). The van der Waals surface area contributed by atoms with E-state index >= 15 is 0 Å². The zero-order valence-electron chi connectivity index (χ0n) is 11.7. The largest absolute Gasteiger partial charge is 0.309 e. The highest BCUT2D eigenvalue weighted by Gasteiger charge is 2.01. The zero-order valence-corrected chi connectivity index (χ0v) is 11.7. The van der Waals surface area contributed by atoms with Crippen molar-refractivity contribution in [3.63, 3.8) is 0 Å². The second-order valence-corrected chi connectivity index (χ2v) is 4.68. The fraction of sp³-hybridized carbons (Fsp3) is 0.188. The van der Waals surface area contributed by atoms with Gasteiger partial charge in [0, 0.05) is 37.2 Å². The van der Waals surface area contributed by atoms with Crippen LogP contribution in [-0.2, 0) is 13.1 Å². The Kier molecular flexibility index (Phi) is 4.33. The number of benzene rings is 1. The van der Waals surface area contributed by atoms with Gasteiger partial charge in [-0.1, -0.05) is 30.3 Å². The van der Waals surface area contributed by atoms with Gasteiger partial charge in [-0.25, -0.2) is 9.97 Å². The predicted octanol–water partition coefficient (Wildman–Crippen LogP) is 2.13. The standard InChI is InChI=1S/C16H17N5/c1-2-5-14(6-3-1)16-18-9-7-15(20-16)13-17-10-12-21-11-4-8-19-21/h1-9,11,17H,10,12-13H2. The SMILES string of the molecule is c1ccc(-c2nccc(CNCCn3cccn3)n2)cc1. The topological polar surface area (TPSA) is 55.6 Å². The molecule has 0 aliphatic carbocycles. The van der Waals surface area contributed by atoms with Crippen LogP contribution in [0.2, 0.25) is 0 Å². The number of nitrogens with one attached hydrogen (secondary N) is 1. The average molecular weight is 279 g/mol. The quantitative estimate of drug-likeness (QED) is 0.702. The summed E-state index contributed by atoms with van der Waals surface area (Å²) in [4.78, 5) is 8.91. The third-order valence-electron chi connectivity index (χ3n) is 3.13. The molecule has 2 aromatic heterocycles. The van der Waals surface area contributed by atoms with Gasteiger partial charge in [-0.15, -0.1) is 0 Å². The summed E-state index contributed by atoms with van der Waals surface area (Å²) < 4.78 is 1.91. The van der Waals surface area contributed by atoms with Crippen LogP contribution in [0.3, 0.4) is 0 Å². The Morgan fingerprint density at radius 2 is 1.90 bits per heavy atom. The molecule has 21 heavy (non-hydrogen) atoms. The molecular formula is C16H17N5. The van der Waals surface area contributed by atoms with Gasteiger partial charge in [0.15, 0.2) is 5.82 Å². The van der Waals surface area contributed by atoms with Crippen LogP contribution in [0.4, 0.5) is 0 Å². The van der Waals surface area contributed by atoms with Gasteiger partial charge in [0.05, 0.1) is 12.2 Å². The van der Waals surface area contributed by atoms with Gasteiger partial charge in [-0.05, 0) is 12.1 Å². The van der Waals surface area contributed by atoms with Crippen LogP contribution in [-0.4, -0.2) is 26.3 Å². The third kappa shape index (κ3) is 3.73. The van der Waals surface area contributed by atoms with Crippen LogP contribution >= 0.6 is 0 Å². The van der Waals surface area contributed by atoms with E-state index in [1.54, 1.807) is 12.4 Å². The molecule has 0 fully saturated rings. The van der Waals surface area contributed by atoms with Crippen molar-refractivity contribution in [3.05, 3.63) is 66.7 Å². The first-order valence-corrected chi connectivity index (χ1v) is 6.97. The minimum absolute atomic E-state index is 0.726. The molecule has 106 valence electrons. The lowest BCUT2D eigenvalue weighted by Gasteiger charge is -2.06. The van der Waals surface area contributed by atoms with Gasteiger partial charge in [-0.2, -0.15) is 5.10 Å². The van der Waals surface area contributed by atoms with Crippen LogP contribution in [0.1, 0.15) is 5.69 Å². The Balaban J connectivity index is 1.56. The van der Waals surface area contributed by atoms with Crippen molar-refractivity contribution in [2.75, 3.05) is 6.54 Å². The van der Waals surface area contributed by atoms with E-state index in [-0.39, 0.29) is 0 Å². The van der Waals surface area contributed by atoms with Gasteiger partial charge in [0.1, 0.15) is 0 Å². The maximum atomic E-state index is 4.58. The summed E-state index contributed by atoms with van der Waals surface area (Å²) >= 11 is 0. The second-order valence-electron chi connectivity index (χ2n) is 4.68. The Morgan fingerprint density at radius 3 is 2.71 bits per heavy atom. The number of hydrogen-bond acceptors (Lipinski definition) is 4. The highest BCUT2D eigenvalue weighted by Crippen LogP contribution is 2.13. The molecule has 0 atom stereocenters. The van der Waals surface area contributed by atoms with Crippen molar-refractivity contribution in [1.29, 1.82) is 0 Å². The molecule has 5 nitrogen and oxygen atoms in total. The van der Waals surface area contributed by atoms with E-state index in [1.165, 1.54) is 0 Å². The Labute approximate surface area is 123 Å². The molecule has 5 heteroatoms. The van der Waals surface area contributed by atoms with Crippen LogP contribution < -0.4 is 5.32 Å². The summed E-state index contributed by atoms with van der Waals surface area (Å²) in [7, 11) is 0. The summed E-state index contributed by atoms with van der Waals surface area (Å²) in [6.07, 6.45) is 5.55. The Bertz CT molecular complexity index is 664. The first kappa shape index (κ1) is 13.5. The molecule has 3 aromatic rings. The lowest BCUT2D eigenvalue weighted by atomic mass is 10.2. The normalized spacial score (nSPS) is 10.7. The molecule has 0 saturated carbocycles. The minimum Gasteiger partial charge on any atom is -0.309 e. The van der Waals surface area contributed by atoms with E-state index in [9.17, 15) is 0 Å². The summed E-state index contributed by atoms with van der Waals surface area (Å²) in [6, 6.07) is 13.9. The molecule has 0 unspecified atom stereocenters. The molecule has 0 saturated heterocycles. The molecule has 0 bridgehead atoms. The smallest absolute Gasteiger partial charge is 0.159 e. The molecule has 0 aliphatic heterocycles. The van der Waals surface area contributed by atoms with Crippen molar-refractivity contribution in [3.8, 4) is 11.4 Å².